The van der Waals surface area contributed by atoms with E-state index in [-0.39, 0.29) is 24.4 Å². The maximum absolute atomic E-state index is 13.2. The van der Waals surface area contributed by atoms with E-state index in [1.54, 1.807) is 38.5 Å². The van der Waals surface area contributed by atoms with Gasteiger partial charge in [0.2, 0.25) is 0 Å². The molecule has 0 saturated carbocycles. The number of ether oxygens (including phenoxy) is 2. The molecule has 0 aliphatic rings. The molecule has 9 heteroatoms. The van der Waals surface area contributed by atoms with E-state index >= 15 is 0 Å². The van der Waals surface area contributed by atoms with Crippen molar-refractivity contribution in [2.75, 3.05) is 25.2 Å². The number of hydrogen-bond acceptors (Lipinski definition) is 6. The summed E-state index contributed by atoms with van der Waals surface area (Å²) >= 11 is 0. The van der Waals surface area contributed by atoms with Gasteiger partial charge in [-0.05, 0) is 32.9 Å². The van der Waals surface area contributed by atoms with Crippen molar-refractivity contribution in [2.24, 2.45) is 7.05 Å². The van der Waals surface area contributed by atoms with Crippen LogP contribution in [0.4, 0.5) is 14.9 Å². The monoisotopic (exact) mass is 381 g/mol. The van der Waals surface area contributed by atoms with Crippen LogP contribution in [-0.4, -0.2) is 52.7 Å². The third-order valence-electron chi connectivity index (χ3n) is 3.83. The molecule has 1 heterocycles. The first-order valence-corrected chi connectivity index (χ1v) is 8.38. The zero-order chi connectivity index (χ0) is 20.4. The van der Waals surface area contributed by atoms with E-state index in [4.69, 9.17) is 9.47 Å². The molecular weight excluding hydrogens is 357 g/mol. The van der Waals surface area contributed by atoms with Crippen LogP contribution in [0.3, 0.4) is 0 Å². The topological polar surface area (TPSA) is 93.9 Å². The Morgan fingerprint density at radius 1 is 1.33 bits per heavy atom. The van der Waals surface area contributed by atoms with Crippen LogP contribution in [0.5, 0.6) is 0 Å². The summed E-state index contributed by atoms with van der Waals surface area (Å²) in [4.78, 5) is 30.1. The van der Waals surface area contributed by atoms with Crippen LogP contribution in [0.15, 0.2) is 12.1 Å². The van der Waals surface area contributed by atoms with E-state index < -0.39 is 24.3 Å². The number of aryl methyl sites for hydroxylation is 1. The molecule has 0 atom stereocenters. The Bertz CT molecular complexity index is 857. The standard InChI is InChI=1S/C18H24FN3O5/c1-18(2,3)27-17(25)22(7-6-19)13-9-11(16(24)26-5)8-12-15(13)20-14(10-23)21(12)4/h8-9,23H,6-7,10H2,1-5H3. The van der Waals surface area contributed by atoms with Crippen molar-refractivity contribution in [2.45, 2.75) is 33.0 Å². The van der Waals surface area contributed by atoms with E-state index in [0.717, 1.165) is 4.90 Å². The van der Waals surface area contributed by atoms with E-state index in [0.29, 0.717) is 16.9 Å². The average molecular weight is 381 g/mol. The van der Waals surface area contributed by atoms with Crippen molar-refractivity contribution in [3.05, 3.63) is 23.5 Å². The van der Waals surface area contributed by atoms with Gasteiger partial charge in [0, 0.05) is 7.05 Å². The van der Waals surface area contributed by atoms with Crippen molar-refractivity contribution < 1.29 is 28.6 Å². The highest BCUT2D eigenvalue weighted by Gasteiger charge is 2.27. The van der Waals surface area contributed by atoms with Crippen LogP contribution in [0.25, 0.3) is 11.0 Å². The van der Waals surface area contributed by atoms with Gasteiger partial charge >= 0.3 is 12.1 Å². The number of alkyl halides is 1. The minimum absolute atomic E-state index is 0.167. The highest BCUT2D eigenvalue weighted by atomic mass is 19.1. The summed E-state index contributed by atoms with van der Waals surface area (Å²) in [5.74, 6) is -0.285. The number of rotatable bonds is 5. The van der Waals surface area contributed by atoms with E-state index in [1.165, 1.54) is 13.2 Å². The number of fused-ring (bicyclic) bond motifs is 1. The number of nitrogens with zero attached hydrogens (tertiary/aromatic N) is 3. The summed E-state index contributed by atoms with van der Waals surface area (Å²) < 4.78 is 24.9. The lowest BCUT2D eigenvalue weighted by Crippen LogP contribution is -2.38. The molecule has 0 radical (unpaired) electrons. The van der Waals surface area contributed by atoms with Crippen molar-refractivity contribution in [3.8, 4) is 0 Å². The third-order valence-corrected chi connectivity index (χ3v) is 3.83. The highest BCUT2D eigenvalue weighted by molar-refractivity contribution is 6.04. The van der Waals surface area contributed by atoms with Gasteiger partial charge in [-0.25, -0.2) is 19.0 Å². The van der Waals surface area contributed by atoms with Crippen LogP contribution in [-0.2, 0) is 23.1 Å². The molecule has 1 N–H and O–H groups in total. The summed E-state index contributed by atoms with van der Waals surface area (Å²) in [5, 5.41) is 9.50. The Morgan fingerprint density at radius 2 is 2.00 bits per heavy atom. The number of amides is 1. The van der Waals surface area contributed by atoms with Crippen molar-refractivity contribution in [1.29, 1.82) is 0 Å². The molecule has 2 rings (SSSR count). The first kappa shape index (κ1) is 20.6. The van der Waals surface area contributed by atoms with Gasteiger partial charge in [-0.15, -0.1) is 0 Å². The second-order valence-electron chi connectivity index (χ2n) is 6.92. The zero-order valence-electron chi connectivity index (χ0n) is 16.1. The third kappa shape index (κ3) is 4.36. The molecule has 0 saturated heterocycles. The van der Waals surface area contributed by atoms with E-state index in [2.05, 4.69) is 4.98 Å². The molecule has 0 fully saturated rings. The SMILES string of the molecule is COC(=O)c1cc(N(CCF)C(=O)OC(C)(C)C)c2nc(CO)n(C)c2c1. The predicted octanol–water partition coefficient (Wildman–Crippen LogP) is 2.56. The number of aromatic nitrogens is 2. The minimum Gasteiger partial charge on any atom is -0.465 e. The number of anilines is 1. The molecular formula is C18H24FN3O5. The predicted molar refractivity (Wildman–Crippen MR) is 97.5 cm³/mol. The Hall–Kier alpha value is -2.68. The first-order valence-electron chi connectivity index (χ1n) is 8.38. The highest BCUT2D eigenvalue weighted by Crippen LogP contribution is 2.30. The number of benzene rings is 1. The normalized spacial score (nSPS) is 11.5. The molecule has 0 unspecified atom stereocenters. The summed E-state index contributed by atoms with van der Waals surface area (Å²) in [7, 11) is 2.90. The molecule has 0 aliphatic carbocycles. The van der Waals surface area contributed by atoms with Gasteiger partial charge in [0.25, 0.3) is 0 Å². The van der Waals surface area contributed by atoms with Gasteiger partial charge < -0.3 is 19.1 Å². The second kappa shape index (κ2) is 7.91. The molecule has 0 aliphatic heterocycles. The van der Waals surface area contributed by atoms with Gasteiger partial charge in [0.05, 0.1) is 30.4 Å². The second-order valence-corrected chi connectivity index (χ2v) is 6.92. The number of methoxy groups -OCH3 is 1. The molecule has 148 valence electrons. The number of aliphatic hydroxyl groups excluding tert-OH is 1. The lowest BCUT2D eigenvalue weighted by molar-refractivity contribution is 0.0571. The summed E-state index contributed by atoms with van der Waals surface area (Å²) in [6, 6.07) is 2.95. The zero-order valence-corrected chi connectivity index (χ0v) is 16.1. The minimum atomic E-state index is -0.817. The summed E-state index contributed by atoms with van der Waals surface area (Å²) in [6.45, 7) is 3.66. The average Bonchev–Trinajstić information content (AvgIpc) is 2.93. The van der Waals surface area contributed by atoms with E-state index in [9.17, 15) is 19.1 Å². The Morgan fingerprint density at radius 3 is 2.52 bits per heavy atom. The molecule has 2 aromatic rings. The number of carbonyl (C=O) groups excluding carboxylic acids is 2. The quantitative estimate of drug-likeness (QED) is 0.800. The molecule has 1 amide bonds. The van der Waals surface area contributed by atoms with Crippen LogP contribution in [0.1, 0.15) is 37.0 Å². The lowest BCUT2D eigenvalue weighted by Gasteiger charge is -2.27. The van der Waals surface area contributed by atoms with E-state index in [1.807, 2.05) is 0 Å². The number of esters is 1. The van der Waals surface area contributed by atoms with Crippen LogP contribution >= 0.6 is 0 Å². The maximum atomic E-state index is 13.2. The number of carbonyl (C=O) groups is 2. The molecule has 8 nitrogen and oxygen atoms in total. The Kier molecular flexibility index (Phi) is 6.04. The fourth-order valence-corrected chi connectivity index (χ4v) is 2.61. The maximum Gasteiger partial charge on any atom is 0.414 e. The van der Waals surface area contributed by atoms with Crippen molar-refractivity contribution in [3.63, 3.8) is 0 Å². The summed E-state index contributed by atoms with van der Waals surface area (Å²) in [6.07, 6.45) is -0.764. The van der Waals surface area contributed by atoms with Gasteiger partial charge in [-0.2, -0.15) is 0 Å². The number of aliphatic hydroxyl groups is 1. The largest absolute Gasteiger partial charge is 0.465 e. The fraction of sp³-hybridized carbons (Fsp3) is 0.500. The first-order chi connectivity index (χ1) is 12.6. The van der Waals surface area contributed by atoms with Gasteiger partial charge in [-0.1, -0.05) is 0 Å². The number of imidazole rings is 1. The molecule has 0 spiro atoms. The van der Waals surface area contributed by atoms with Crippen molar-refractivity contribution >= 4 is 28.8 Å². The number of halogens is 1. The molecule has 0 bridgehead atoms. The van der Waals surface area contributed by atoms with Gasteiger partial charge in [-0.3, -0.25) is 4.90 Å². The molecule has 27 heavy (non-hydrogen) atoms. The van der Waals surface area contributed by atoms with Crippen molar-refractivity contribution in [1.82, 2.24) is 9.55 Å². The smallest absolute Gasteiger partial charge is 0.414 e. The fourth-order valence-electron chi connectivity index (χ4n) is 2.61. The van der Waals surface area contributed by atoms with Gasteiger partial charge in [0.15, 0.2) is 0 Å². The Balaban J connectivity index is 2.71. The van der Waals surface area contributed by atoms with Crippen LogP contribution < -0.4 is 4.90 Å². The molecule has 1 aromatic carbocycles. The van der Waals surface area contributed by atoms with Crippen LogP contribution in [0, 0.1) is 0 Å². The lowest BCUT2D eigenvalue weighted by atomic mass is 10.1. The Labute approximate surface area is 156 Å². The van der Waals surface area contributed by atoms with Crippen LogP contribution in [0.2, 0.25) is 0 Å². The molecule has 1 aromatic heterocycles. The van der Waals surface area contributed by atoms with Gasteiger partial charge in [0.1, 0.15) is 30.2 Å². The summed E-state index contributed by atoms with van der Waals surface area (Å²) in [5.41, 5.74) is 0.415. The number of hydrogen-bond donors (Lipinski definition) is 1.